The third kappa shape index (κ3) is 1.52. The molecule has 5 heteroatoms. The molecule has 3 nitrogen and oxygen atoms in total. The first kappa shape index (κ1) is 8.88. The number of thiophene rings is 1. The monoisotopic (exact) mass is 235 g/mol. The predicted molar refractivity (Wildman–Crippen MR) is 62.2 cm³/mol. The highest BCUT2D eigenvalue weighted by molar-refractivity contribution is 7.19. The van der Waals surface area contributed by atoms with Crippen molar-refractivity contribution in [3.8, 4) is 10.7 Å². The molecule has 0 radical (unpaired) electrons. The molecule has 3 rings (SSSR count). The van der Waals surface area contributed by atoms with Crippen LogP contribution >= 0.6 is 22.9 Å². The Morgan fingerprint density at radius 1 is 1.27 bits per heavy atom. The molecule has 0 aliphatic heterocycles. The maximum atomic E-state index is 5.87. The molecule has 0 spiro atoms. The molecule has 0 unspecified atom stereocenters. The molecule has 3 heterocycles. The van der Waals surface area contributed by atoms with Gasteiger partial charge in [0.2, 0.25) is 0 Å². The van der Waals surface area contributed by atoms with Crippen molar-refractivity contribution < 1.29 is 0 Å². The van der Waals surface area contributed by atoms with Crippen LogP contribution in [-0.2, 0) is 0 Å². The molecule has 0 saturated carbocycles. The van der Waals surface area contributed by atoms with Crippen LogP contribution in [0.1, 0.15) is 0 Å². The summed E-state index contributed by atoms with van der Waals surface area (Å²) in [6, 6.07) is 7.65. The van der Waals surface area contributed by atoms with Gasteiger partial charge in [0.1, 0.15) is 0 Å². The molecule has 1 N–H and O–H groups in total. The minimum atomic E-state index is 0.733. The van der Waals surface area contributed by atoms with Crippen molar-refractivity contribution in [2.45, 2.75) is 0 Å². The molecule has 0 aromatic carbocycles. The predicted octanol–water partition coefficient (Wildman–Crippen LogP) is 3.34. The summed E-state index contributed by atoms with van der Waals surface area (Å²) in [6.45, 7) is 0. The molecule has 0 fully saturated rings. The van der Waals surface area contributed by atoms with Crippen LogP contribution in [0.4, 0.5) is 0 Å². The first-order valence-electron chi connectivity index (χ1n) is 4.39. The topological polar surface area (TPSA) is 41.6 Å². The number of nitrogens with zero attached hydrogens (tertiary/aromatic N) is 2. The van der Waals surface area contributed by atoms with Crippen LogP contribution in [-0.4, -0.2) is 15.0 Å². The third-order valence-corrected chi connectivity index (χ3v) is 3.30. The van der Waals surface area contributed by atoms with E-state index < -0.39 is 0 Å². The molecule has 0 bridgehead atoms. The van der Waals surface area contributed by atoms with E-state index in [2.05, 4.69) is 15.0 Å². The second kappa shape index (κ2) is 3.32. The lowest BCUT2D eigenvalue weighted by Crippen LogP contribution is -1.73. The molecular weight excluding hydrogens is 230 g/mol. The summed E-state index contributed by atoms with van der Waals surface area (Å²) in [7, 11) is 0. The van der Waals surface area contributed by atoms with E-state index in [0.29, 0.717) is 0 Å². The number of fused-ring (bicyclic) bond motifs is 1. The highest BCUT2D eigenvalue weighted by atomic mass is 35.5. The average Bonchev–Trinajstić information content (AvgIpc) is 2.82. The Labute approximate surface area is 94.8 Å². The number of pyridine rings is 1. The molecular formula is C10H6ClN3S. The zero-order valence-electron chi connectivity index (χ0n) is 7.57. The van der Waals surface area contributed by atoms with Crippen molar-refractivity contribution in [1.29, 1.82) is 0 Å². The van der Waals surface area contributed by atoms with Crippen LogP contribution in [0.5, 0.6) is 0 Å². The summed E-state index contributed by atoms with van der Waals surface area (Å²) in [5.74, 6) is 0.820. The first-order chi connectivity index (χ1) is 7.33. The standard InChI is InChI=1S/C10H6ClN3S/c11-8-4-3-7(15-8)10-13-6-2-1-5-12-9(6)14-10/h1-5H,(H,12,13,14). The number of hydrogen-bond acceptors (Lipinski definition) is 3. The normalized spacial score (nSPS) is 11.0. The summed E-state index contributed by atoms with van der Waals surface area (Å²) in [5, 5.41) is 0. The second-order valence-electron chi connectivity index (χ2n) is 3.06. The zero-order valence-corrected chi connectivity index (χ0v) is 9.14. The van der Waals surface area contributed by atoms with Crippen molar-refractivity contribution in [3.63, 3.8) is 0 Å². The fraction of sp³-hybridized carbons (Fsp3) is 0. The molecule has 0 atom stereocenters. The average molecular weight is 236 g/mol. The van der Waals surface area contributed by atoms with Crippen molar-refractivity contribution in [1.82, 2.24) is 15.0 Å². The van der Waals surface area contributed by atoms with Gasteiger partial charge in [0.15, 0.2) is 11.5 Å². The van der Waals surface area contributed by atoms with Gasteiger partial charge in [-0.1, -0.05) is 11.6 Å². The number of H-pyrrole nitrogens is 1. The Morgan fingerprint density at radius 3 is 2.93 bits per heavy atom. The van der Waals surface area contributed by atoms with E-state index >= 15 is 0 Å². The maximum absolute atomic E-state index is 5.87. The van der Waals surface area contributed by atoms with Crippen molar-refractivity contribution in [2.75, 3.05) is 0 Å². The summed E-state index contributed by atoms with van der Waals surface area (Å²) >= 11 is 7.37. The van der Waals surface area contributed by atoms with Gasteiger partial charge in [-0.05, 0) is 24.3 Å². The molecule has 74 valence electrons. The highest BCUT2D eigenvalue weighted by Gasteiger charge is 2.07. The molecule has 0 saturated heterocycles. The number of rotatable bonds is 1. The SMILES string of the molecule is Clc1ccc(-c2nc3ncccc3[nH]2)s1. The molecule has 15 heavy (non-hydrogen) atoms. The summed E-state index contributed by atoms with van der Waals surface area (Å²) in [5.41, 5.74) is 1.68. The first-order valence-corrected chi connectivity index (χ1v) is 5.59. The van der Waals surface area contributed by atoms with Gasteiger partial charge in [-0.2, -0.15) is 0 Å². The minimum Gasteiger partial charge on any atom is -0.336 e. The molecule has 3 aromatic heterocycles. The number of aromatic amines is 1. The maximum Gasteiger partial charge on any atom is 0.178 e. The van der Waals surface area contributed by atoms with E-state index in [0.717, 1.165) is 26.2 Å². The Hall–Kier alpha value is -1.39. The zero-order chi connectivity index (χ0) is 10.3. The van der Waals surface area contributed by atoms with Gasteiger partial charge < -0.3 is 4.98 Å². The van der Waals surface area contributed by atoms with E-state index in [1.165, 1.54) is 11.3 Å². The Balaban J connectivity index is 2.19. The molecule has 0 aliphatic rings. The molecule has 0 amide bonds. The number of imidazole rings is 1. The lowest BCUT2D eigenvalue weighted by Gasteiger charge is -1.86. The highest BCUT2D eigenvalue weighted by Crippen LogP contribution is 2.29. The van der Waals surface area contributed by atoms with Gasteiger partial charge in [-0.3, -0.25) is 0 Å². The van der Waals surface area contributed by atoms with E-state index in [9.17, 15) is 0 Å². The number of hydrogen-bond donors (Lipinski definition) is 1. The third-order valence-electron chi connectivity index (χ3n) is 2.06. The van der Waals surface area contributed by atoms with Crippen molar-refractivity contribution in [3.05, 3.63) is 34.8 Å². The van der Waals surface area contributed by atoms with Gasteiger partial charge in [-0.15, -0.1) is 11.3 Å². The van der Waals surface area contributed by atoms with Crippen LogP contribution < -0.4 is 0 Å². The van der Waals surface area contributed by atoms with Crippen LogP contribution in [0.25, 0.3) is 21.9 Å². The molecule has 3 aromatic rings. The number of nitrogens with one attached hydrogen (secondary N) is 1. The fourth-order valence-corrected chi connectivity index (χ4v) is 2.39. The Morgan fingerprint density at radius 2 is 2.20 bits per heavy atom. The lowest BCUT2D eigenvalue weighted by molar-refractivity contribution is 1.31. The van der Waals surface area contributed by atoms with Crippen LogP contribution in [0.15, 0.2) is 30.5 Å². The van der Waals surface area contributed by atoms with Crippen molar-refractivity contribution >= 4 is 34.1 Å². The van der Waals surface area contributed by atoms with E-state index in [1.54, 1.807) is 6.20 Å². The fourth-order valence-electron chi connectivity index (χ4n) is 1.40. The largest absolute Gasteiger partial charge is 0.336 e. The van der Waals surface area contributed by atoms with E-state index in [1.807, 2.05) is 24.3 Å². The smallest absolute Gasteiger partial charge is 0.178 e. The van der Waals surface area contributed by atoms with Crippen LogP contribution in [0.2, 0.25) is 4.34 Å². The van der Waals surface area contributed by atoms with Crippen LogP contribution in [0.3, 0.4) is 0 Å². The van der Waals surface area contributed by atoms with Gasteiger partial charge in [-0.25, -0.2) is 9.97 Å². The lowest BCUT2D eigenvalue weighted by atomic mass is 10.4. The van der Waals surface area contributed by atoms with Crippen LogP contribution in [0, 0.1) is 0 Å². The van der Waals surface area contributed by atoms with E-state index in [4.69, 9.17) is 11.6 Å². The number of aromatic nitrogens is 3. The summed E-state index contributed by atoms with van der Waals surface area (Å²) in [4.78, 5) is 12.8. The quantitative estimate of drug-likeness (QED) is 0.703. The molecule has 0 aliphatic carbocycles. The van der Waals surface area contributed by atoms with Gasteiger partial charge in [0.25, 0.3) is 0 Å². The van der Waals surface area contributed by atoms with Gasteiger partial charge in [0.05, 0.1) is 14.7 Å². The Bertz CT molecular complexity index is 581. The summed E-state index contributed by atoms with van der Waals surface area (Å²) in [6.07, 6.45) is 1.73. The Kier molecular flexibility index (Phi) is 1.97. The van der Waals surface area contributed by atoms with E-state index in [-0.39, 0.29) is 0 Å². The number of halogens is 1. The van der Waals surface area contributed by atoms with Crippen molar-refractivity contribution in [2.24, 2.45) is 0 Å². The second-order valence-corrected chi connectivity index (χ2v) is 4.78. The van der Waals surface area contributed by atoms with Gasteiger partial charge >= 0.3 is 0 Å². The van der Waals surface area contributed by atoms with Gasteiger partial charge in [0, 0.05) is 6.20 Å². The minimum absolute atomic E-state index is 0.733. The summed E-state index contributed by atoms with van der Waals surface area (Å²) < 4.78 is 0.762.